The van der Waals surface area contributed by atoms with Crippen molar-refractivity contribution < 1.29 is 4.39 Å². The van der Waals surface area contributed by atoms with E-state index in [-0.39, 0.29) is 10.8 Å². The third kappa shape index (κ3) is 3.37. The van der Waals surface area contributed by atoms with Crippen LogP contribution in [0, 0.1) is 5.82 Å². The number of anilines is 1. The van der Waals surface area contributed by atoms with Gasteiger partial charge in [0.15, 0.2) is 5.82 Å². The van der Waals surface area contributed by atoms with Gasteiger partial charge in [-0.15, -0.1) is 11.3 Å². The van der Waals surface area contributed by atoms with E-state index in [1.807, 2.05) is 0 Å². The Labute approximate surface area is 135 Å². The molecule has 0 amide bonds. The highest BCUT2D eigenvalue weighted by Gasteiger charge is 2.12. The highest BCUT2D eigenvalue weighted by molar-refractivity contribution is 9.10. The molecule has 1 aromatic heterocycles. The first-order valence-electron chi connectivity index (χ1n) is 6.12. The Kier molecular flexibility index (Phi) is 5.12. The van der Waals surface area contributed by atoms with Gasteiger partial charge in [-0.2, -0.15) is 0 Å². The summed E-state index contributed by atoms with van der Waals surface area (Å²) in [7, 11) is 0. The van der Waals surface area contributed by atoms with E-state index in [1.54, 1.807) is 23.5 Å². The van der Waals surface area contributed by atoms with Crippen LogP contribution in [0.4, 0.5) is 10.1 Å². The van der Waals surface area contributed by atoms with Crippen LogP contribution in [-0.4, -0.2) is 4.99 Å². The van der Waals surface area contributed by atoms with Gasteiger partial charge in [0.2, 0.25) is 0 Å². The van der Waals surface area contributed by atoms with E-state index in [4.69, 9.17) is 18.0 Å². The Morgan fingerprint density at radius 3 is 2.65 bits per heavy atom. The fraction of sp³-hybridized carbons (Fsp3) is 0.214. The molecule has 20 heavy (non-hydrogen) atoms. The lowest BCUT2D eigenvalue weighted by Crippen LogP contribution is -2.11. The van der Waals surface area contributed by atoms with Gasteiger partial charge in [0, 0.05) is 21.9 Å². The van der Waals surface area contributed by atoms with E-state index in [9.17, 15) is 4.39 Å². The van der Waals surface area contributed by atoms with E-state index >= 15 is 0 Å². The maximum atomic E-state index is 14.2. The molecule has 0 saturated carbocycles. The van der Waals surface area contributed by atoms with E-state index in [0.29, 0.717) is 22.3 Å². The second-order valence-corrected chi connectivity index (χ2v) is 6.71. The SMILES string of the molecule is CCc1ccc(CNc2ccc(C(N)=S)c(Br)c2F)s1. The standard InChI is InChI=1S/C14H14BrFN2S2/c1-2-8-3-4-9(20-8)7-18-11-6-5-10(14(17)19)12(15)13(11)16/h3-6,18H,2,7H2,1H3,(H2,17,19). The summed E-state index contributed by atoms with van der Waals surface area (Å²) in [6.07, 6.45) is 1.02. The van der Waals surface area contributed by atoms with Gasteiger partial charge < -0.3 is 11.1 Å². The van der Waals surface area contributed by atoms with Crippen LogP contribution >= 0.6 is 39.5 Å². The molecular weight excluding hydrogens is 359 g/mol. The van der Waals surface area contributed by atoms with Crippen LogP contribution in [0.15, 0.2) is 28.7 Å². The summed E-state index contributed by atoms with van der Waals surface area (Å²) in [6.45, 7) is 2.72. The molecule has 0 unspecified atom stereocenters. The molecule has 2 aromatic rings. The average molecular weight is 373 g/mol. The topological polar surface area (TPSA) is 38.0 Å². The van der Waals surface area contributed by atoms with Crippen molar-refractivity contribution in [1.82, 2.24) is 0 Å². The average Bonchev–Trinajstić information content (AvgIpc) is 2.88. The summed E-state index contributed by atoms with van der Waals surface area (Å²) in [5.41, 5.74) is 6.47. The number of benzene rings is 1. The number of hydrogen-bond acceptors (Lipinski definition) is 3. The Bertz CT molecular complexity index is 640. The summed E-state index contributed by atoms with van der Waals surface area (Å²) in [5, 5.41) is 3.09. The second kappa shape index (κ2) is 6.65. The largest absolute Gasteiger partial charge is 0.389 e. The number of aryl methyl sites for hydroxylation is 1. The van der Waals surface area contributed by atoms with Crippen molar-refractivity contribution in [2.75, 3.05) is 5.32 Å². The molecule has 6 heteroatoms. The Balaban J connectivity index is 2.14. The Hall–Kier alpha value is -0.980. The van der Waals surface area contributed by atoms with Crippen LogP contribution in [0.3, 0.4) is 0 Å². The number of rotatable bonds is 5. The molecule has 0 aliphatic heterocycles. The molecule has 0 atom stereocenters. The molecule has 1 heterocycles. The highest BCUT2D eigenvalue weighted by atomic mass is 79.9. The van der Waals surface area contributed by atoms with Gasteiger partial charge in [-0.25, -0.2) is 4.39 Å². The van der Waals surface area contributed by atoms with Crippen LogP contribution in [-0.2, 0) is 13.0 Å². The van der Waals surface area contributed by atoms with Crippen molar-refractivity contribution in [3.05, 3.63) is 49.9 Å². The predicted molar refractivity (Wildman–Crippen MR) is 91.0 cm³/mol. The zero-order valence-corrected chi connectivity index (χ0v) is 14.1. The third-order valence-electron chi connectivity index (χ3n) is 2.87. The number of hydrogen-bond donors (Lipinski definition) is 2. The van der Waals surface area contributed by atoms with Gasteiger partial charge in [0.05, 0.1) is 10.2 Å². The number of nitrogens with two attached hydrogens (primary N) is 1. The predicted octanol–water partition coefficient (Wildman–Crippen LogP) is 4.46. The molecule has 106 valence electrons. The molecule has 0 bridgehead atoms. The molecule has 0 fully saturated rings. The van der Waals surface area contributed by atoms with Crippen molar-refractivity contribution in [1.29, 1.82) is 0 Å². The summed E-state index contributed by atoms with van der Waals surface area (Å²) in [5.74, 6) is -0.373. The minimum absolute atomic E-state index is 0.174. The number of nitrogens with one attached hydrogen (secondary N) is 1. The second-order valence-electron chi connectivity index (χ2n) is 4.23. The highest BCUT2D eigenvalue weighted by Crippen LogP contribution is 2.28. The molecular formula is C14H14BrFN2S2. The lowest BCUT2D eigenvalue weighted by molar-refractivity contribution is 0.623. The smallest absolute Gasteiger partial charge is 0.161 e. The number of halogens is 2. The fourth-order valence-electron chi connectivity index (χ4n) is 1.77. The summed E-state index contributed by atoms with van der Waals surface area (Å²) >= 11 is 9.80. The fourth-order valence-corrected chi connectivity index (χ4v) is 3.52. The van der Waals surface area contributed by atoms with Gasteiger partial charge in [-0.05, 0) is 46.6 Å². The normalized spacial score (nSPS) is 10.6. The maximum Gasteiger partial charge on any atom is 0.161 e. The first-order valence-corrected chi connectivity index (χ1v) is 8.14. The van der Waals surface area contributed by atoms with Gasteiger partial charge in [0.25, 0.3) is 0 Å². The van der Waals surface area contributed by atoms with Crippen LogP contribution in [0.25, 0.3) is 0 Å². The lowest BCUT2D eigenvalue weighted by Gasteiger charge is -2.10. The zero-order chi connectivity index (χ0) is 14.7. The number of thiocarbonyl (C=S) groups is 1. The van der Waals surface area contributed by atoms with Gasteiger partial charge >= 0.3 is 0 Å². The zero-order valence-electron chi connectivity index (χ0n) is 10.9. The van der Waals surface area contributed by atoms with E-state index in [0.717, 1.165) is 6.42 Å². The summed E-state index contributed by atoms with van der Waals surface area (Å²) in [4.78, 5) is 2.68. The van der Waals surface area contributed by atoms with Crippen LogP contribution < -0.4 is 11.1 Å². The van der Waals surface area contributed by atoms with Crippen molar-refractivity contribution in [3.63, 3.8) is 0 Å². The quantitative estimate of drug-likeness (QED) is 0.760. The maximum absolute atomic E-state index is 14.2. The molecule has 0 aliphatic rings. The minimum atomic E-state index is -0.373. The van der Waals surface area contributed by atoms with Gasteiger partial charge in [-0.3, -0.25) is 0 Å². The van der Waals surface area contributed by atoms with Crippen LogP contribution in [0.2, 0.25) is 0 Å². The monoisotopic (exact) mass is 372 g/mol. The van der Waals surface area contributed by atoms with Crippen molar-refractivity contribution in [2.24, 2.45) is 5.73 Å². The molecule has 0 spiro atoms. The molecule has 0 radical (unpaired) electrons. The van der Waals surface area contributed by atoms with Crippen molar-refractivity contribution >= 4 is 50.2 Å². The minimum Gasteiger partial charge on any atom is -0.389 e. The molecule has 1 aromatic carbocycles. The molecule has 0 aliphatic carbocycles. The molecule has 3 N–H and O–H groups in total. The van der Waals surface area contributed by atoms with Crippen molar-refractivity contribution in [3.8, 4) is 0 Å². The third-order valence-corrected chi connectivity index (χ3v) is 5.09. The van der Waals surface area contributed by atoms with Crippen LogP contribution in [0.5, 0.6) is 0 Å². The summed E-state index contributed by atoms with van der Waals surface area (Å²) < 4.78 is 14.5. The van der Waals surface area contributed by atoms with Crippen LogP contribution in [0.1, 0.15) is 22.2 Å². The Morgan fingerprint density at radius 1 is 1.35 bits per heavy atom. The lowest BCUT2D eigenvalue weighted by atomic mass is 10.2. The Morgan fingerprint density at radius 2 is 2.05 bits per heavy atom. The molecule has 2 rings (SSSR count). The van der Waals surface area contributed by atoms with E-state index < -0.39 is 0 Å². The van der Waals surface area contributed by atoms with Crippen molar-refractivity contribution in [2.45, 2.75) is 19.9 Å². The first kappa shape index (κ1) is 15.4. The summed E-state index contributed by atoms with van der Waals surface area (Å²) in [6, 6.07) is 7.53. The first-order chi connectivity index (χ1) is 9.52. The molecule has 0 saturated heterocycles. The van der Waals surface area contributed by atoms with E-state index in [2.05, 4.69) is 40.3 Å². The van der Waals surface area contributed by atoms with Gasteiger partial charge in [0.1, 0.15) is 4.99 Å². The van der Waals surface area contributed by atoms with Gasteiger partial charge in [-0.1, -0.05) is 19.1 Å². The number of thiophene rings is 1. The molecule has 2 nitrogen and oxygen atoms in total. The van der Waals surface area contributed by atoms with E-state index in [1.165, 1.54) is 9.75 Å².